The largest absolute Gasteiger partial charge is 0.350 e. The number of amides is 2. The van der Waals surface area contributed by atoms with Crippen molar-refractivity contribution in [3.63, 3.8) is 0 Å². The molecule has 1 saturated heterocycles. The molecule has 0 aliphatic carbocycles. The molecule has 3 aromatic heterocycles. The number of hydrogen-bond donors (Lipinski definition) is 1. The molecule has 0 spiro atoms. The number of aromatic nitrogens is 3. The van der Waals surface area contributed by atoms with Crippen LogP contribution >= 0.6 is 11.3 Å². The molecule has 0 bridgehead atoms. The normalized spacial score (nSPS) is 17.8. The summed E-state index contributed by atoms with van der Waals surface area (Å²) in [5.74, 6) is 0.661. The van der Waals surface area contributed by atoms with E-state index in [4.69, 9.17) is 0 Å². The van der Waals surface area contributed by atoms with Crippen LogP contribution in [0.25, 0.3) is 15.7 Å². The van der Waals surface area contributed by atoms with E-state index < -0.39 is 0 Å². The van der Waals surface area contributed by atoms with E-state index >= 15 is 0 Å². The van der Waals surface area contributed by atoms with Gasteiger partial charge in [0.15, 0.2) is 0 Å². The lowest BCUT2D eigenvalue weighted by Gasteiger charge is -2.30. The van der Waals surface area contributed by atoms with E-state index in [1.54, 1.807) is 23.3 Å². The summed E-state index contributed by atoms with van der Waals surface area (Å²) in [4.78, 5) is 39.7. The Labute approximate surface area is 165 Å². The summed E-state index contributed by atoms with van der Waals surface area (Å²) >= 11 is 1.57. The van der Waals surface area contributed by atoms with Crippen LogP contribution in [-0.4, -0.2) is 50.5 Å². The van der Waals surface area contributed by atoms with Crippen LogP contribution in [0.4, 0.5) is 0 Å². The molecule has 8 nitrogen and oxygen atoms in total. The molecule has 4 heterocycles. The number of piperidine rings is 1. The Bertz CT molecular complexity index is 1130. The maximum absolute atomic E-state index is 12.9. The number of carbonyl (C=O) groups excluding carboxylic acids is 2. The Morgan fingerprint density at radius 3 is 2.89 bits per heavy atom. The molecule has 3 aromatic rings. The zero-order valence-electron chi connectivity index (χ0n) is 16.1. The van der Waals surface area contributed by atoms with Crippen molar-refractivity contribution in [1.82, 2.24) is 24.4 Å². The second kappa shape index (κ2) is 7.05. The predicted molar refractivity (Wildman–Crippen MR) is 108 cm³/mol. The Morgan fingerprint density at radius 1 is 1.39 bits per heavy atom. The highest BCUT2D eigenvalue weighted by Gasteiger charge is 2.25. The number of fused-ring (bicyclic) bond motifs is 3. The summed E-state index contributed by atoms with van der Waals surface area (Å²) in [6.45, 7) is 4.39. The maximum atomic E-state index is 12.9. The summed E-state index contributed by atoms with van der Waals surface area (Å²) in [7, 11) is 1.73. The van der Waals surface area contributed by atoms with Gasteiger partial charge in [0.1, 0.15) is 22.7 Å². The van der Waals surface area contributed by atoms with E-state index in [1.807, 2.05) is 35.8 Å². The molecule has 1 fully saturated rings. The van der Waals surface area contributed by atoms with Crippen molar-refractivity contribution in [3.05, 3.63) is 33.7 Å². The molecule has 1 aliphatic heterocycles. The molecule has 1 N–H and O–H groups in total. The first kappa shape index (κ1) is 18.7. The summed E-state index contributed by atoms with van der Waals surface area (Å²) in [5.41, 5.74) is 0.259. The highest BCUT2D eigenvalue weighted by atomic mass is 32.1. The highest BCUT2D eigenvalue weighted by Crippen LogP contribution is 2.26. The Kier molecular flexibility index (Phi) is 4.70. The fourth-order valence-electron chi connectivity index (χ4n) is 3.68. The quantitative estimate of drug-likeness (QED) is 0.719. The van der Waals surface area contributed by atoms with Crippen LogP contribution < -0.4 is 10.9 Å². The second-order valence-electron chi connectivity index (χ2n) is 7.60. The van der Waals surface area contributed by atoms with E-state index in [2.05, 4.69) is 10.4 Å². The zero-order chi connectivity index (χ0) is 20.0. The van der Waals surface area contributed by atoms with E-state index in [-0.39, 0.29) is 35.9 Å². The van der Waals surface area contributed by atoms with Gasteiger partial charge in [-0.15, -0.1) is 11.3 Å². The van der Waals surface area contributed by atoms with Crippen molar-refractivity contribution in [3.8, 4) is 0 Å². The molecule has 2 amide bonds. The molecule has 0 aromatic carbocycles. The topological polar surface area (TPSA) is 88.7 Å². The minimum absolute atomic E-state index is 0.0867. The van der Waals surface area contributed by atoms with Gasteiger partial charge in [0, 0.05) is 37.4 Å². The lowest BCUT2D eigenvalue weighted by Crippen LogP contribution is -2.49. The van der Waals surface area contributed by atoms with Gasteiger partial charge >= 0.3 is 0 Å². The van der Waals surface area contributed by atoms with Crippen LogP contribution in [0.1, 0.15) is 38.4 Å². The molecule has 1 atom stereocenters. The lowest BCUT2D eigenvalue weighted by atomic mass is 10.1. The van der Waals surface area contributed by atoms with Gasteiger partial charge in [0.2, 0.25) is 11.8 Å². The number of carbonyl (C=O) groups is 2. The van der Waals surface area contributed by atoms with Gasteiger partial charge in [0.05, 0.1) is 0 Å². The smallest absolute Gasteiger partial charge is 0.291 e. The standard InChI is InChI=1S/C19H23N5O3S/c1-11(2)17-21-23(10-15(25)20-13-4-5-16(26)22(3)9-13)18(27)14-8-12-6-7-28-19(12)24(14)17/h6-8,11,13H,4-5,9-10H2,1-3H3,(H,20,25). The Hall–Kier alpha value is -2.68. The summed E-state index contributed by atoms with van der Waals surface area (Å²) in [5, 5.41) is 10.4. The molecule has 1 aliphatic rings. The number of nitrogens with zero attached hydrogens (tertiary/aromatic N) is 4. The summed E-state index contributed by atoms with van der Waals surface area (Å²) < 4.78 is 3.16. The highest BCUT2D eigenvalue weighted by molar-refractivity contribution is 7.16. The number of hydrogen-bond acceptors (Lipinski definition) is 5. The van der Waals surface area contributed by atoms with Crippen molar-refractivity contribution >= 4 is 38.9 Å². The van der Waals surface area contributed by atoms with Crippen molar-refractivity contribution in [2.45, 2.75) is 45.2 Å². The zero-order valence-corrected chi connectivity index (χ0v) is 17.0. The molecule has 4 rings (SSSR count). The number of rotatable bonds is 4. The maximum Gasteiger partial charge on any atom is 0.291 e. The van der Waals surface area contributed by atoms with Gasteiger partial charge in [-0.3, -0.25) is 18.8 Å². The van der Waals surface area contributed by atoms with Gasteiger partial charge < -0.3 is 10.2 Å². The van der Waals surface area contributed by atoms with Gasteiger partial charge in [-0.25, -0.2) is 4.68 Å². The minimum atomic E-state index is -0.279. The minimum Gasteiger partial charge on any atom is -0.350 e. The molecule has 9 heteroatoms. The van der Waals surface area contributed by atoms with Crippen molar-refractivity contribution < 1.29 is 9.59 Å². The first-order chi connectivity index (χ1) is 13.3. The molecule has 1 unspecified atom stereocenters. The van der Waals surface area contributed by atoms with Gasteiger partial charge in [0.25, 0.3) is 5.56 Å². The number of likely N-dealkylation sites (N-methyl/N-ethyl adjacent to an activating group) is 1. The van der Waals surface area contributed by atoms with Gasteiger partial charge in [-0.2, -0.15) is 5.10 Å². The second-order valence-corrected chi connectivity index (χ2v) is 8.49. The van der Waals surface area contributed by atoms with Crippen LogP contribution in [-0.2, 0) is 16.1 Å². The first-order valence-electron chi connectivity index (χ1n) is 9.38. The van der Waals surface area contributed by atoms with Gasteiger partial charge in [-0.05, 0) is 23.9 Å². The van der Waals surface area contributed by atoms with Crippen molar-refractivity contribution in [1.29, 1.82) is 0 Å². The van der Waals surface area contributed by atoms with E-state index in [9.17, 15) is 14.4 Å². The molecular formula is C19H23N5O3S. The Morgan fingerprint density at radius 2 is 2.18 bits per heavy atom. The van der Waals surface area contributed by atoms with Crippen LogP contribution in [0.3, 0.4) is 0 Å². The van der Waals surface area contributed by atoms with Crippen LogP contribution in [0.15, 0.2) is 22.3 Å². The molecule has 148 valence electrons. The average molecular weight is 401 g/mol. The van der Waals surface area contributed by atoms with Gasteiger partial charge in [-0.1, -0.05) is 13.8 Å². The van der Waals surface area contributed by atoms with E-state index in [0.717, 1.165) is 16.0 Å². The third kappa shape index (κ3) is 3.19. The van der Waals surface area contributed by atoms with Crippen LogP contribution in [0.5, 0.6) is 0 Å². The monoisotopic (exact) mass is 401 g/mol. The summed E-state index contributed by atoms with van der Waals surface area (Å²) in [6.07, 6.45) is 1.03. The number of nitrogens with one attached hydrogen (secondary N) is 1. The fourth-order valence-corrected chi connectivity index (χ4v) is 4.58. The van der Waals surface area contributed by atoms with Crippen LogP contribution in [0, 0.1) is 0 Å². The average Bonchev–Trinajstić information content (AvgIpc) is 3.22. The fraction of sp³-hybridized carbons (Fsp3) is 0.474. The lowest BCUT2D eigenvalue weighted by molar-refractivity contribution is -0.134. The SMILES string of the molecule is CC(C)c1nn(CC(=O)NC2CCC(=O)N(C)C2)c(=O)c2cc3ccsc3n12. The molecule has 0 saturated carbocycles. The van der Waals surface area contributed by atoms with Crippen molar-refractivity contribution in [2.24, 2.45) is 0 Å². The third-order valence-corrected chi connectivity index (χ3v) is 6.03. The Balaban J connectivity index is 1.63. The molecule has 0 radical (unpaired) electrons. The van der Waals surface area contributed by atoms with E-state index in [1.165, 1.54) is 4.68 Å². The third-order valence-electron chi connectivity index (χ3n) is 5.12. The number of thiophene rings is 1. The molecular weight excluding hydrogens is 378 g/mol. The summed E-state index contributed by atoms with van der Waals surface area (Å²) in [6, 6.07) is 3.74. The first-order valence-corrected chi connectivity index (χ1v) is 10.3. The van der Waals surface area contributed by atoms with E-state index in [0.29, 0.717) is 24.9 Å². The van der Waals surface area contributed by atoms with Crippen LogP contribution in [0.2, 0.25) is 0 Å². The predicted octanol–water partition coefficient (Wildman–Crippen LogP) is 1.57. The number of likely N-dealkylation sites (tertiary alicyclic amines) is 1. The van der Waals surface area contributed by atoms with Crippen molar-refractivity contribution in [2.75, 3.05) is 13.6 Å². The molecule has 28 heavy (non-hydrogen) atoms.